The van der Waals surface area contributed by atoms with Gasteiger partial charge in [-0.3, -0.25) is 0 Å². The molecule has 2 saturated carbocycles. The Morgan fingerprint density at radius 2 is 0.835 bits per heavy atom. The van der Waals surface area contributed by atoms with Crippen LogP contribution in [0, 0.1) is 0 Å². The molecule has 0 saturated heterocycles. The lowest BCUT2D eigenvalue weighted by Crippen LogP contribution is -2.33. The predicted molar refractivity (Wildman–Crippen MR) is 357 cm³/mol. The van der Waals surface area contributed by atoms with Crippen LogP contribution in [0.2, 0.25) is 0 Å². The minimum Gasteiger partial charge on any atom is -0.457 e. The van der Waals surface area contributed by atoms with E-state index in [4.69, 9.17) is 4.74 Å². The van der Waals surface area contributed by atoms with Crippen LogP contribution in [0.1, 0.15) is 184 Å². The Morgan fingerprint density at radius 3 is 1.46 bits per heavy atom. The van der Waals surface area contributed by atoms with Crippen LogP contribution in [0.15, 0.2) is 200 Å². The molecule has 85 heavy (non-hydrogen) atoms. The third kappa shape index (κ3) is 7.41. The van der Waals surface area contributed by atoms with Crippen LogP contribution in [-0.4, -0.2) is 0 Å². The second kappa shape index (κ2) is 18.8. The van der Waals surface area contributed by atoms with Gasteiger partial charge in [0.1, 0.15) is 11.5 Å². The smallest absolute Gasteiger partial charge is 0.132 e. The van der Waals surface area contributed by atoms with Crippen molar-refractivity contribution in [3.05, 3.63) is 267 Å². The van der Waals surface area contributed by atoms with Crippen LogP contribution in [0.3, 0.4) is 0 Å². The maximum absolute atomic E-state index is 7.33. The Labute approximate surface area is 506 Å². The van der Waals surface area contributed by atoms with Crippen molar-refractivity contribution in [3.63, 3.8) is 0 Å². The molecule has 6 aliphatic rings. The highest BCUT2D eigenvalue weighted by Crippen LogP contribution is 2.67. The van der Waals surface area contributed by atoms with Gasteiger partial charge in [-0.1, -0.05) is 226 Å². The van der Waals surface area contributed by atoms with Gasteiger partial charge in [0.25, 0.3) is 0 Å². The molecule has 0 N–H and O–H groups in total. The number of thiophene rings is 1. The molecule has 5 aliphatic carbocycles. The van der Waals surface area contributed by atoms with Crippen molar-refractivity contribution in [1.82, 2.24) is 0 Å². The normalized spacial score (nSPS) is 17.0. The number of hydrogen-bond donors (Lipinski definition) is 0. The summed E-state index contributed by atoms with van der Waals surface area (Å²) in [6.07, 6.45) is 12.9. The highest BCUT2D eigenvalue weighted by Gasteiger charge is 2.54. The molecule has 1 aliphatic heterocycles. The number of ether oxygens (including phenoxy) is 1. The molecule has 0 bridgehead atoms. The molecule has 2 nitrogen and oxygen atoms in total. The van der Waals surface area contributed by atoms with Gasteiger partial charge in [-0.15, -0.1) is 11.3 Å². The van der Waals surface area contributed by atoms with E-state index in [0.717, 1.165) is 22.9 Å². The van der Waals surface area contributed by atoms with E-state index in [2.05, 4.69) is 247 Å². The summed E-state index contributed by atoms with van der Waals surface area (Å²) >= 11 is 1.90. The minimum absolute atomic E-state index is 0.0492. The Morgan fingerprint density at radius 1 is 0.376 bits per heavy atom. The van der Waals surface area contributed by atoms with E-state index in [1.54, 1.807) is 0 Å². The number of anilines is 3. The maximum Gasteiger partial charge on any atom is 0.132 e. The summed E-state index contributed by atoms with van der Waals surface area (Å²) in [6.45, 7) is 14.2. The molecule has 2 spiro atoms. The van der Waals surface area contributed by atoms with Crippen LogP contribution in [0.5, 0.6) is 11.5 Å². The molecule has 418 valence electrons. The Bertz CT molecular complexity index is 4450. The topological polar surface area (TPSA) is 12.5 Å². The average Bonchev–Trinajstić information content (AvgIpc) is 1.60. The van der Waals surface area contributed by atoms with Crippen molar-refractivity contribution < 1.29 is 4.74 Å². The van der Waals surface area contributed by atoms with Crippen LogP contribution >= 0.6 is 11.3 Å². The lowest BCUT2D eigenvalue weighted by Gasteiger charge is -2.41. The van der Waals surface area contributed by atoms with Gasteiger partial charge in [-0.2, -0.15) is 0 Å². The van der Waals surface area contributed by atoms with Crippen LogP contribution in [0.25, 0.3) is 53.6 Å². The van der Waals surface area contributed by atoms with Crippen molar-refractivity contribution in [2.45, 2.75) is 139 Å². The van der Waals surface area contributed by atoms with Crippen LogP contribution in [-0.2, 0) is 21.7 Å². The molecule has 0 unspecified atom stereocenters. The summed E-state index contributed by atoms with van der Waals surface area (Å²) in [4.78, 5) is 2.63. The van der Waals surface area contributed by atoms with Gasteiger partial charge in [0.05, 0.1) is 16.5 Å². The maximum atomic E-state index is 7.33. The molecule has 11 aromatic rings. The molecule has 17 rings (SSSR count). The number of rotatable bonds is 5. The van der Waals surface area contributed by atoms with Gasteiger partial charge in [-0.05, 0) is 192 Å². The molecular weight excluding hydrogens is 1050 g/mol. The molecule has 0 radical (unpaired) electrons. The predicted octanol–water partition coefficient (Wildman–Crippen LogP) is 23.0. The van der Waals surface area contributed by atoms with E-state index in [9.17, 15) is 0 Å². The summed E-state index contributed by atoms with van der Waals surface area (Å²) in [5.74, 6) is 2.99. The van der Waals surface area contributed by atoms with Gasteiger partial charge in [0.15, 0.2) is 0 Å². The third-order valence-electron chi connectivity index (χ3n) is 21.3. The lowest BCUT2D eigenvalue weighted by molar-refractivity contribution is 0.433. The lowest BCUT2D eigenvalue weighted by atomic mass is 9.65. The first-order valence-electron chi connectivity index (χ1n) is 31.9. The number of benzene rings is 10. The quantitative estimate of drug-likeness (QED) is 0.170. The zero-order valence-electron chi connectivity index (χ0n) is 50.0. The summed E-state index contributed by atoms with van der Waals surface area (Å²) in [5.41, 5.74) is 26.5. The SMILES string of the molecule is CC(C)(C)c1ccc2c(c1)C1(c3ccccc3-c3ccc(N(c4ccc5c(c4)C4(c6ccccc6O5)c5cc(C6CCCCC6)ccc5-c5ccc(C6CCCCC6)cc54)c4cccc5sc6ccccc6c45)cc31)c1cc(C(C)(C)C)ccc1-2. The largest absolute Gasteiger partial charge is 0.457 e. The van der Waals surface area contributed by atoms with Gasteiger partial charge in [0.2, 0.25) is 0 Å². The van der Waals surface area contributed by atoms with Crippen LogP contribution < -0.4 is 9.64 Å². The fourth-order valence-corrected chi connectivity index (χ4v) is 18.2. The first kappa shape index (κ1) is 51.4. The first-order chi connectivity index (χ1) is 41.4. The molecule has 2 heterocycles. The number of fused-ring (bicyclic) bond motifs is 22. The summed E-state index contributed by atoms with van der Waals surface area (Å²) in [6, 6.07) is 79.4. The molecule has 1 aromatic heterocycles. The molecule has 0 atom stereocenters. The monoisotopic (exact) mass is 1120 g/mol. The molecule has 3 heteroatoms. The highest BCUT2D eigenvalue weighted by atomic mass is 32.1. The fraction of sp³-hybridized carbons (Fsp3) is 0.268. The molecule has 2 fully saturated rings. The van der Waals surface area contributed by atoms with Crippen molar-refractivity contribution >= 4 is 48.6 Å². The van der Waals surface area contributed by atoms with E-state index in [1.165, 1.54) is 190 Å². The highest BCUT2D eigenvalue weighted by molar-refractivity contribution is 7.26. The molecular formula is C82H73NOS. The van der Waals surface area contributed by atoms with E-state index in [1.807, 2.05) is 11.3 Å². The van der Waals surface area contributed by atoms with E-state index in [0.29, 0.717) is 11.8 Å². The van der Waals surface area contributed by atoms with Gasteiger partial charge < -0.3 is 9.64 Å². The van der Waals surface area contributed by atoms with Crippen molar-refractivity contribution in [2.75, 3.05) is 4.90 Å². The Kier molecular flexibility index (Phi) is 11.4. The standard InChI is InChI=1S/C82H73NOS/c1-79(2,3)54-34-40-61-62-41-35-55(80(4,5)6)47-70(62)81(69(61)46-54)65-26-15-13-24-58(65)63-42-36-56(48-71(63)81)83(73-28-19-31-77-78(73)64-25-14-18-30-76(64)85-77)57-37-43-75-72(49-57)82(66-27-16-17-29-74(66)84-75)67-44-52(50-20-9-7-10-21-50)32-38-59(67)60-39-33-53(45-68(60)82)51-22-11-8-12-23-51/h13-19,24-51H,7-12,20-23H2,1-6H3. The van der Waals surface area contributed by atoms with Crippen LogP contribution in [0.4, 0.5) is 17.1 Å². The molecule has 10 aromatic carbocycles. The van der Waals surface area contributed by atoms with Crippen molar-refractivity contribution in [3.8, 4) is 44.9 Å². The first-order valence-corrected chi connectivity index (χ1v) is 32.7. The summed E-state index contributed by atoms with van der Waals surface area (Å²) in [7, 11) is 0. The van der Waals surface area contributed by atoms with Gasteiger partial charge in [-0.25, -0.2) is 0 Å². The zero-order chi connectivity index (χ0) is 57.1. The molecule has 0 amide bonds. The third-order valence-corrected chi connectivity index (χ3v) is 22.4. The van der Waals surface area contributed by atoms with E-state index in [-0.39, 0.29) is 10.8 Å². The van der Waals surface area contributed by atoms with Gasteiger partial charge in [0, 0.05) is 42.7 Å². The number of para-hydroxylation sites is 1. The Balaban J connectivity index is 0.958. The average molecular weight is 1120 g/mol. The number of nitrogens with zero attached hydrogens (tertiary/aromatic N) is 1. The van der Waals surface area contributed by atoms with Crippen molar-refractivity contribution in [2.24, 2.45) is 0 Å². The fourth-order valence-electron chi connectivity index (χ4n) is 17.1. The second-order valence-corrected chi connectivity index (χ2v) is 29.0. The number of hydrogen-bond acceptors (Lipinski definition) is 3. The van der Waals surface area contributed by atoms with Crippen molar-refractivity contribution in [1.29, 1.82) is 0 Å². The zero-order valence-corrected chi connectivity index (χ0v) is 50.9. The minimum atomic E-state index is -0.636. The van der Waals surface area contributed by atoms with Gasteiger partial charge >= 0.3 is 0 Å². The van der Waals surface area contributed by atoms with E-state index >= 15 is 0 Å². The summed E-state index contributed by atoms with van der Waals surface area (Å²) < 4.78 is 9.91. The van der Waals surface area contributed by atoms with E-state index < -0.39 is 10.8 Å². The summed E-state index contributed by atoms with van der Waals surface area (Å²) in [5, 5.41) is 2.56. The second-order valence-electron chi connectivity index (χ2n) is 27.9. The Hall–Kier alpha value is -7.98.